The van der Waals surface area contributed by atoms with Crippen molar-refractivity contribution < 1.29 is 4.79 Å². The van der Waals surface area contributed by atoms with Crippen LogP contribution in [0.5, 0.6) is 0 Å². The molecule has 1 aliphatic rings. The van der Waals surface area contributed by atoms with Crippen molar-refractivity contribution in [1.82, 2.24) is 5.32 Å². The SMILES string of the molecule is C=O.CNC1CCCCC1. The average molecular weight is 143 g/mol. The fraction of sp³-hybridized carbons (Fsp3) is 0.875. The Morgan fingerprint density at radius 3 is 2.00 bits per heavy atom. The lowest BCUT2D eigenvalue weighted by Crippen LogP contribution is -2.26. The third-order valence-corrected chi connectivity index (χ3v) is 2.01. The summed E-state index contributed by atoms with van der Waals surface area (Å²) in [7, 11) is 2.07. The van der Waals surface area contributed by atoms with E-state index >= 15 is 0 Å². The predicted octanol–water partition coefficient (Wildman–Crippen LogP) is 1.35. The summed E-state index contributed by atoms with van der Waals surface area (Å²) in [5.41, 5.74) is 0. The van der Waals surface area contributed by atoms with Crippen LogP contribution in [-0.2, 0) is 4.79 Å². The van der Waals surface area contributed by atoms with Crippen molar-refractivity contribution in [3.63, 3.8) is 0 Å². The summed E-state index contributed by atoms with van der Waals surface area (Å²) in [6.07, 6.45) is 7.13. The lowest BCUT2D eigenvalue weighted by molar-refractivity contribution is -0.0979. The molecule has 1 aliphatic carbocycles. The zero-order valence-electron chi connectivity index (χ0n) is 6.73. The maximum absolute atomic E-state index is 8.00. The Bertz CT molecular complexity index is 69.7. The van der Waals surface area contributed by atoms with E-state index in [0.29, 0.717) is 0 Å². The minimum absolute atomic E-state index is 0.837. The molecule has 2 heteroatoms. The fourth-order valence-electron chi connectivity index (χ4n) is 1.39. The van der Waals surface area contributed by atoms with Gasteiger partial charge in [0.1, 0.15) is 6.79 Å². The van der Waals surface area contributed by atoms with Crippen molar-refractivity contribution in [1.29, 1.82) is 0 Å². The van der Waals surface area contributed by atoms with E-state index in [4.69, 9.17) is 4.79 Å². The van der Waals surface area contributed by atoms with Crippen LogP contribution in [0.25, 0.3) is 0 Å². The molecule has 1 fully saturated rings. The molecule has 0 aromatic rings. The van der Waals surface area contributed by atoms with Crippen LogP contribution in [0.1, 0.15) is 32.1 Å². The Morgan fingerprint density at radius 1 is 1.20 bits per heavy atom. The largest absolute Gasteiger partial charge is 0.317 e. The quantitative estimate of drug-likeness (QED) is 0.600. The molecule has 1 rings (SSSR count). The molecule has 0 aromatic carbocycles. The van der Waals surface area contributed by atoms with Gasteiger partial charge in [0.25, 0.3) is 0 Å². The molecule has 0 radical (unpaired) electrons. The van der Waals surface area contributed by atoms with Gasteiger partial charge in [-0.25, -0.2) is 0 Å². The maximum Gasteiger partial charge on any atom is 0.106 e. The highest BCUT2D eigenvalue weighted by molar-refractivity contribution is 5.10. The van der Waals surface area contributed by atoms with Gasteiger partial charge in [-0.3, -0.25) is 0 Å². The van der Waals surface area contributed by atoms with Crippen molar-refractivity contribution in [2.75, 3.05) is 7.05 Å². The first-order chi connectivity index (χ1) is 4.93. The summed E-state index contributed by atoms with van der Waals surface area (Å²) in [6.45, 7) is 2.00. The van der Waals surface area contributed by atoms with Crippen LogP contribution < -0.4 is 5.32 Å². The van der Waals surface area contributed by atoms with Crippen molar-refractivity contribution in [2.24, 2.45) is 0 Å². The topological polar surface area (TPSA) is 29.1 Å². The third kappa shape index (κ3) is 3.62. The number of hydrogen-bond acceptors (Lipinski definition) is 2. The number of carbonyl (C=O) groups is 1. The summed E-state index contributed by atoms with van der Waals surface area (Å²) in [5.74, 6) is 0. The highest BCUT2D eigenvalue weighted by Crippen LogP contribution is 2.16. The van der Waals surface area contributed by atoms with Crippen LogP contribution in [0.4, 0.5) is 0 Å². The molecule has 0 spiro atoms. The molecular weight excluding hydrogens is 126 g/mol. The van der Waals surface area contributed by atoms with Gasteiger partial charge in [0.2, 0.25) is 0 Å². The Labute approximate surface area is 63.0 Å². The minimum Gasteiger partial charge on any atom is -0.317 e. The lowest BCUT2D eigenvalue weighted by Gasteiger charge is -2.20. The Balaban J connectivity index is 0.000000371. The second kappa shape index (κ2) is 6.75. The predicted molar refractivity (Wildman–Crippen MR) is 43.1 cm³/mol. The molecule has 0 atom stereocenters. The third-order valence-electron chi connectivity index (χ3n) is 2.01. The maximum atomic E-state index is 8.00. The summed E-state index contributed by atoms with van der Waals surface area (Å²) in [5, 5.41) is 3.30. The van der Waals surface area contributed by atoms with Crippen LogP contribution in [0.2, 0.25) is 0 Å². The number of carbonyl (C=O) groups excluding carboxylic acids is 1. The molecule has 1 N–H and O–H groups in total. The highest BCUT2D eigenvalue weighted by atomic mass is 16.1. The van der Waals surface area contributed by atoms with Crippen LogP contribution in [0.15, 0.2) is 0 Å². The van der Waals surface area contributed by atoms with Gasteiger partial charge in [0.15, 0.2) is 0 Å². The monoisotopic (exact) mass is 143 g/mol. The van der Waals surface area contributed by atoms with Gasteiger partial charge in [-0.05, 0) is 19.9 Å². The van der Waals surface area contributed by atoms with E-state index in [1.165, 1.54) is 32.1 Å². The Morgan fingerprint density at radius 2 is 1.70 bits per heavy atom. The molecule has 1 saturated carbocycles. The van der Waals surface area contributed by atoms with E-state index in [0.717, 1.165) is 6.04 Å². The molecule has 2 nitrogen and oxygen atoms in total. The smallest absolute Gasteiger partial charge is 0.106 e. The minimum atomic E-state index is 0.837. The van der Waals surface area contributed by atoms with Gasteiger partial charge in [-0.2, -0.15) is 0 Å². The second-order valence-electron chi connectivity index (χ2n) is 2.62. The van der Waals surface area contributed by atoms with Crippen LogP contribution in [0.3, 0.4) is 0 Å². The first-order valence-corrected chi connectivity index (χ1v) is 3.89. The van der Waals surface area contributed by atoms with Crippen LogP contribution in [0, 0.1) is 0 Å². The molecule has 10 heavy (non-hydrogen) atoms. The molecule has 0 aliphatic heterocycles. The zero-order valence-corrected chi connectivity index (χ0v) is 6.73. The number of rotatable bonds is 1. The van der Waals surface area contributed by atoms with Crippen molar-refractivity contribution in [2.45, 2.75) is 38.1 Å². The van der Waals surface area contributed by atoms with E-state index in [2.05, 4.69) is 12.4 Å². The first kappa shape index (κ1) is 9.63. The van der Waals surface area contributed by atoms with Gasteiger partial charge in [-0.1, -0.05) is 19.3 Å². The first-order valence-electron chi connectivity index (χ1n) is 3.89. The number of nitrogens with one attached hydrogen (secondary N) is 1. The van der Waals surface area contributed by atoms with Gasteiger partial charge in [0, 0.05) is 6.04 Å². The normalized spacial score (nSPS) is 19.3. The molecule has 0 saturated heterocycles. The summed E-state index contributed by atoms with van der Waals surface area (Å²) in [6, 6.07) is 0.837. The summed E-state index contributed by atoms with van der Waals surface area (Å²) in [4.78, 5) is 8.00. The zero-order chi connectivity index (χ0) is 7.82. The van der Waals surface area contributed by atoms with Crippen LogP contribution in [-0.4, -0.2) is 19.9 Å². The Hall–Kier alpha value is -0.370. The van der Waals surface area contributed by atoms with Gasteiger partial charge < -0.3 is 10.1 Å². The average Bonchev–Trinajstić information content (AvgIpc) is 2.10. The summed E-state index contributed by atoms with van der Waals surface area (Å²) >= 11 is 0. The molecular formula is C8H17NO. The molecule has 60 valence electrons. The van der Waals surface area contributed by atoms with Gasteiger partial charge in [-0.15, -0.1) is 0 Å². The van der Waals surface area contributed by atoms with Gasteiger partial charge in [0.05, 0.1) is 0 Å². The fourth-order valence-corrected chi connectivity index (χ4v) is 1.39. The van der Waals surface area contributed by atoms with Gasteiger partial charge >= 0.3 is 0 Å². The second-order valence-corrected chi connectivity index (χ2v) is 2.62. The van der Waals surface area contributed by atoms with E-state index in [1.54, 1.807) is 0 Å². The van der Waals surface area contributed by atoms with E-state index in [-0.39, 0.29) is 0 Å². The lowest BCUT2D eigenvalue weighted by atomic mass is 9.96. The van der Waals surface area contributed by atoms with E-state index < -0.39 is 0 Å². The highest BCUT2D eigenvalue weighted by Gasteiger charge is 2.09. The standard InChI is InChI=1S/C7H15N.CH2O/c1-8-7-5-3-2-4-6-7;1-2/h7-8H,2-6H2,1H3;1H2. The molecule has 0 unspecified atom stereocenters. The summed E-state index contributed by atoms with van der Waals surface area (Å²) < 4.78 is 0. The number of hydrogen-bond donors (Lipinski definition) is 1. The van der Waals surface area contributed by atoms with Crippen molar-refractivity contribution in [3.05, 3.63) is 0 Å². The molecule has 0 bridgehead atoms. The molecule has 0 heterocycles. The van der Waals surface area contributed by atoms with E-state index in [1.807, 2.05) is 6.79 Å². The van der Waals surface area contributed by atoms with Crippen molar-refractivity contribution in [3.8, 4) is 0 Å². The Kier molecular flexibility index (Phi) is 6.50. The molecule has 0 aromatic heterocycles. The molecule has 0 amide bonds. The van der Waals surface area contributed by atoms with Crippen LogP contribution >= 0.6 is 0 Å². The van der Waals surface area contributed by atoms with E-state index in [9.17, 15) is 0 Å². The van der Waals surface area contributed by atoms with Crippen molar-refractivity contribution >= 4 is 6.79 Å².